The number of pyridine rings is 1. The van der Waals surface area contributed by atoms with Crippen LogP contribution in [-0.4, -0.2) is 32.3 Å². The Morgan fingerprint density at radius 3 is 2.76 bits per heavy atom. The number of piperidine rings is 1. The van der Waals surface area contributed by atoms with Gasteiger partial charge >= 0.3 is 0 Å². The lowest BCUT2D eigenvalue weighted by Crippen LogP contribution is -2.34. The Kier molecular flexibility index (Phi) is 5.91. The zero-order valence-corrected chi connectivity index (χ0v) is 16.6. The minimum atomic E-state index is -0.184. The van der Waals surface area contributed by atoms with Crippen molar-refractivity contribution in [2.45, 2.75) is 38.8 Å². The number of amides is 1. The molecule has 4 rings (SSSR count). The number of anilines is 1. The first-order valence-corrected chi connectivity index (χ1v) is 10.0. The van der Waals surface area contributed by atoms with Crippen molar-refractivity contribution < 1.29 is 4.79 Å². The minimum absolute atomic E-state index is 0.161. The van der Waals surface area contributed by atoms with E-state index < -0.39 is 0 Å². The number of nitrogens with one attached hydrogen (secondary N) is 1. The average Bonchev–Trinajstić information content (AvgIpc) is 2.75. The summed E-state index contributed by atoms with van der Waals surface area (Å²) in [6.45, 7) is 3.72. The Labute approximate surface area is 171 Å². The summed E-state index contributed by atoms with van der Waals surface area (Å²) >= 11 is 0. The summed E-state index contributed by atoms with van der Waals surface area (Å²) in [7, 11) is 0. The standard InChI is InChI=1S/C23H25N5O/c1-17-20(23(29)27-19-9-3-2-4-10-19)15-25-22(26-17)21-11-5-6-13-28(21)16-18-8-7-12-24-14-18/h2-4,7-10,12,14-15,21H,5-6,11,13,16H2,1H3,(H,27,29). The van der Waals surface area contributed by atoms with E-state index in [4.69, 9.17) is 4.98 Å². The Morgan fingerprint density at radius 1 is 1.14 bits per heavy atom. The summed E-state index contributed by atoms with van der Waals surface area (Å²) in [5.41, 5.74) is 3.16. The number of aryl methyl sites for hydroxylation is 1. The first-order chi connectivity index (χ1) is 14.2. The van der Waals surface area contributed by atoms with Crippen LogP contribution in [0.25, 0.3) is 0 Å². The molecule has 2 aromatic heterocycles. The van der Waals surface area contributed by atoms with Gasteiger partial charge in [-0.1, -0.05) is 30.7 Å². The van der Waals surface area contributed by atoms with Crippen molar-refractivity contribution in [3.63, 3.8) is 0 Å². The van der Waals surface area contributed by atoms with Gasteiger partial charge < -0.3 is 5.32 Å². The van der Waals surface area contributed by atoms with E-state index in [-0.39, 0.29) is 11.9 Å². The summed E-state index contributed by atoms with van der Waals surface area (Å²) in [6.07, 6.45) is 8.72. The number of likely N-dealkylation sites (tertiary alicyclic amines) is 1. The van der Waals surface area contributed by atoms with Crippen LogP contribution in [-0.2, 0) is 6.54 Å². The topological polar surface area (TPSA) is 71.0 Å². The van der Waals surface area contributed by atoms with Gasteiger partial charge in [0.25, 0.3) is 5.91 Å². The van der Waals surface area contributed by atoms with Gasteiger partial charge in [0.2, 0.25) is 0 Å². The molecule has 1 unspecified atom stereocenters. The number of nitrogens with zero attached hydrogens (tertiary/aromatic N) is 4. The van der Waals surface area contributed by atoms with Crippen LogP contribution in [0.4, 0.5) is 5.69 Å². The number of benzene rings is 1. The van der Waals surface area contributed by atoms with Gasteiger partial charge in [-0.25, -0.2) is 9.97 Å². The molecule has 1 N–H and O–H groups in total. The summed E-state index contributed by atoms with van der Waals surface area (Å²) in [4.78, 5) is 28.6. The average molecular weight is 387 g/mol. The fourth-order valence-electron chi connectivity index (χ4n) is 3.79. The summed E-state index contributed by atoms with van der Waals surface area (Å²) in [5, 5.41) is 2.90. The molecule has 1 aliphatic heterocycles. The first-order valence-electron chi connectivity index (χ1n) is 10.0. The molecule has 3 heterocycles. The highest BCUT2D eigenvalue weighted by atomic mass is 16.1. The van der Waals surface area contributed by atoms with Gasteiger partial charge in [0.15, 0.2) is 0 Å². The predicted octanol–water partition coefficient (Wildman–Crippen LogP) is 4.16. The van der Waals surface area contributed by atoms with Crippen molar-refractivity contribution in [1.29, 1.82) is 0 Å². The summed E-state index contributed by atoms with van der Waals surface area (Å²) in [6, 6.07) is 13.6. The minimum Gasteiger partial charge on any atom is -0.322 e. The van der Waals surface area contributed by atoms with Crippen LogP contribution in [0.2, 0.25) is 0 Å². The van der Waals surface area contributed by atoms with Crippen molar-refractivity contribution >= 4 is 11.6 Å². The van der Waals surface area contributed by atoms with Crippen molar-refractivity contribution in [2.24, 2.45) is 0 Å². The van der Waals surface area contributed by atoms with Crippen LogP contribution in [0.1, 0.15) is 52.7 Å². The predicted molar refractivity (Wildman–Crippen MR) is 112 cm³/mol. The molecule has 0 radical (unpaired) electrons. The molecule has 0 aliphatic carbocycles. The van der Waals surface area contributed by atoms with Crippen LogP contribution < -0.4 is 5.32 Å². The highest BCUT2D eigenvalue weighted by Gasteiger charge is 2.27. The molecular weight excluding hydrogens is 362 g/mol. The molecule has 1 amide bonds. The van der Waals surface area contributed by atoms with Crippen LogP contribution in [0.5, 0.6) is 0 Å². The second-order valence-corrected chi connectivity index (χ2v) is 7.39. The van der Waals surface area contributed by atoms with Gasteiger partial charge in [0.1, 0.15) is 5.82 Å². The zero-order chi connectivity index (χ0) is 20.1. The van der Waals surface area contributed by atoms with Crippen LogP contribution >= 0.6 is 0 Å². The molecule has 3 aromatic rings. The van der Waals surface area contributed by atoms with E-state index in [1.54, 1.807) is 12.4 Å². The Hall–Kier alpha value is -3.12. The molecule has 29 heavy (non-hydrogen) atoms. The fourth-order valence-corrected chi connectivity index (χ4v) is 3.79. The third kappa shape index (κ3) is 4.66. The Morgan fingerprint density at radius 2 is 2.00 bits per heavy atom. The van der Waals surface area contributed by atoms with E-state index in [1.165, 1.54) is 12.0 Å². The molecule has 1 aromatic carbocycles. The fraction of sp³-hybridized carbons (Fsp3) is 0.304. The largest absolute Gasteiger partial charge is 0.322 e. The lowest BCUT2D eigenvalue weighted by atomic mass is 10.0. The van der Waals surface area contributed by atoms with Crippen molar-refractivity contribution in [1.82, 2.24) is 19.9 Å². The van der Waals surface area contributed by atoms with Gasteiger partial charge in [-0.05, 0) is 50.1 Å². The number of rotatable bonds is 5. The van der Waals surface area contributed by atoms with E-state index in [2.05, 4.69) is 26.3 Å². The van der Waals surface area contributed by atoms with Crippen molar-refractivity contribution in [2.75, 3.05) is 11.9 Å². The smallest absolute Gasteiger partial charge is 0.259 e. The lowest BCUT2D eigenvalue weighted by molar-refractivity contribution is 0.102. The van der Waals surface area contributed by atoms with E-state index >= 15 is 0 Å². The molecule has 0 saturated carbocycles. The second kappa shape index (κ2) is 8.92. The van der Waals surface area contributed by atoms with Gasteiger partial charge in [0, 0.05) is 30.8 Å². The molecular formula is C23H25N5O. The lowest BCUT2D eigenvalue weighted by Gasteiger charge is -2.34. The Balaban J connectivity index is 1.51. The van der Waals surface area contributed by atoms with Gasteiger partial charge in [0.05, 0.1) is 17.3 Å². The molecule has 0 bridgehead atoms. The number of carbonyl (C=O) groups excluding carboxylic acids is 1. The number of para-hydroxylation sites is 1. The van der Waals surface area contributed by atoms with E-state index in [0.29, 0.717) is 11.3 Å². The van der Waals surface area contributed by atoms with Crippen LogP contribution in [0.3, 0.4) is 0 Å². The molecule has 148 valence electrons. The van der Waals surface area contributed by atoms with E-state index in [9.17, 15) is 4.79 Å². The maximum atomic E-state index is 12.6. The highest BCUT2D eigenvalue weighted by molar-refractivity contribution is 6.04. The quantitative estimate of drug-likeness (QED) is 0.712. The highest BCUT2D eigenvalue weighted by Crippen LogP contribution is 2.30. The Bertz CT molecular complexity index is 962. The van der Waals surface area contributed by atoms with E-state index in [1.807, 2.05) is 49.5 Å². The monoisotopic (exact) mass is 387 g/mol. The molecule has 6 nitrogen and oxygen atoms in total. The summed E-state index contributed by atoms with van der Waals surface area (Å²) in [5.74, 6) is 0.610. The van der Waals surface area contributed by atoms with Crippen molar-refractivity contribution in [3.8, 4) is 0 Å². The number of aromatic nitrogens is 3. The van der Waals surface area contributed by atoms with Gasteiger partial charge in [-0.15, -0.1) is 0 Å². The molecule has 6 heteroatoms. The molecule has 1 fully saturated rings. The second-order valence-electron chi connectivity index (χ2n) is 7.39. The molecule has 0 spiro atoms. The van der Waals surface area contributed by atoms with Gasteiger partial charge in [-0.2, -0.15) is 0 Å². The first kappa shape index (κ1) is 19.2. The maximum absolute atomic E-state index is 12.6. The normalized spacial score (nSPS) is 17.1. The third-order valence-electron chi connectivity index (χ3n) is 5.29. The number of hydrogen-bond donors (Lipinski definition) is 1. The maximum Gasteiger partial charge on any atom is 0.259 e. The molecule has 1 saturated heterocycles. The molecule has 1 atom stereocenters. The zero-order valence-electron chi connectivity index (χ0n) is 16.6. The van der Waals surface area contributed by atoms with Crippen LogP contribution in [0, 0.1) is 6.92 Å². The SMILES string of the molecule is Cc1nc(C2CCCCN2Cc2cccnc2)ncc1C(=O)Nc1ccccc1. The van der Waals surface area contributed by atoms with Crippen LogP contribution in [0.15, 0.2) is 61.1 Å². The van der Waals surface area contributed by atoms with Gasteiger partial charge in [-0.3, -0.25) is 14.7 Å². The molecule has 1 aliphatic rings. The van der Waals surface area contributed by atoms with E-state index in [0.717, 1.165) is 37.4 Å². The third-order valence-corrected chi connectivity index (χ3v) is 5.29. The number of hydrogen-bond acceptors (Lipinski definition) is 5. The number of carbonyl (C=O) groups is 1. The summed E-state index contributed by atoms with van der Waals surface area (Å²) < 4.78 is 0. The van der Waals surface area contributed by atoms with Crippen molar-refractivity contribution in [3.05, 3.63) is 83.7 Å².